The van der Waals surface area contributed by atoms with E-state index in [2.05, 4.69) is 15.3 Å². The predicted molar refractivity (Wildman–Crippen MR) is 76.2 cm³/mol. The average Bonchev–Trinajstić information content (AvgIpc) is 2.88. The van der Waals surface area contributed by atoms with Crippen molar-refractivity contribution in [1.82, 2.24) is 9.97 Å². The Morgan fingerprint density at radius 3 is 2.95 bits per heavy atom. The summed E-state index contributed by atoms with van der Waals surface area (Å²) in [5.41, 5.74) is 6.32. The summed E-state index contributed by atoms with van der Waals surface area (Å²) in [6.45, 7) is 0. The van der Waals surface area contributed by atoms with Gasteiger partial charge in [-0.25, -0.2) is 9.37 Å². The van der Waals surface area contributed by atoms with Crippen molar-refractivity contribution >= 4 is 39.0 Å². The second kappa shape index (κ2) is 4.75. The molecule has 0 atom stereocenters. The molecule has 0 amide bonds. The third-order valence-electron chi connectivity index (χ3n) is 2.70. The van der Waals surface area contributed by atoms with Crippen LogP contribution in [0.25, 0.3) is 10.2 Å². The summed E-state index contributed by atoms with van der Waals surface area (Å²) >= 11 is 1.44. The molecule has 0 spiro atoms. The molecule has 2 aromatic heterocycles. The van der Waals surface area contributed by atoms with Crippen LogP contribution in [0.2, 0.25) is 0 Å². The van der Waals surface area contributed by atoms with Crippen LogP contribution in [0.5, 0.6) is 0 Å². The first-order chi connectivity index (χ1) is 9.67. The van der Waals surface area contributed by atoms with Crippen LogP contribution in [-0.2, 0) is 0 Å². The third kappa shape index (κ3) is 2.13. The molecule has 0 aliphatic rings. The summed E-state index contributed by atoms with van der Waals surface area (Å²) in [6.07, 6.45) is 0. The molecule has 0 aliphatic heterocycles. The van der Waals surface area contributed by atoms with E-state index in [1.165, 1.54) is 23.5 Å². The predicted octanol–water partition coefficient (Wildman–Crippen LogP) is 3.03. The quantitative estimate of drug-likeness (QED) is 0.755. The molecule has 3 N–H and O–H groups in total. The van der Waals surface area contributed by atoms with Crippen LogP contribution in [0.15, 0.2) is 29.6 Å². The van der Waals surface area contributed by atoms with Gasteiger partial charge in [-0.05, 0) is 29.6 Å². The molecule has 0 saturated carbocycles. The third-order valence-corrected chi connectivity index (χ3v) is 3.50. The summed E-state index contributed by atoms with van der Waals surface area (Å²) in [6, 6.07) is 7.73. The molecule has 1 aromatic carbocycles. The van der Waals surface area contributed by atoms with Gasteiger partial charge in [-0.2, -0.15) is 10.2 Å². The zero-order valence-corrected chi connectivity index (χ0v) is 10.9. The van der Waals surface area contributed by atoms with E-state index in [0.717, 1.165) is 16.3 Å². The van der Waals surface area contributed by atoms with Crippen molar-refractivity contribution in [3.05, 3.63) is 41.0 Å². The number of benzene rings is 1. The van der Waals surface area contributed by atoms with E-state index in [-0.39, 0.29) is 11.5 Å². The number of hydrogen-bond acceptors (Lipinski definition) is 6. The van der Waals surface area contributed by atoms with Crippen molar-refractivity contribution in [2.24, 2.45) is 0 Å². The van der Waals surface area contributed by atoms with Gasteiger partial charge < -0.3 is 11.1 Å². The highest BCUT2D eigenvalue weighted by Gasteiger charge is 2.10. The monoisotopic (exact) mass is 285 g/mol. The first-order valence-corrected chi connectivity index (χ1v) is 6.53. The Kier molecular flexibility index (Phi) is 2.93. The summed E-state index contributed by atoms with van der Waals surface area (Å²) in [5.74, 6) is 0.176. The lowest BCUT2D eigenvalue weighted by atomic mass is 10.2. The smallest absolute Gasteiger partial charge is 0.223 e. The Labute approximate surface area is 117 Å². The number of nitrogen functional groups attached to an aromatic ring is 1. The highest BCUT2D eigenvalue weighted by molar-refractivity contribution is 7.16. The maximum atomic E-state index is 13.1. The highest BCUT2D eigenvalue weighted by Crippen LogP contribution is 2.29. The molecule has 0 aliphatic carbocycles. The number of hydrogen-bond donors (Lipinski definition) is 2. The summed E-state index contributed by atoms with van der Waals surface area (Å²) in [4.78, 5) is 8.99. The molecule has 0 unspecified atom stereocenters. The summed E-state index contributed by atoms with van der Waals surface area (Å²) in [5, 5.41) is 14.7. The summed E-state index contributed by atoms with van der Waals surface area (Å²) < 4.78 is 13.1. The molecule has 5 nitrogen and oxygen atoms in total. The number of rotatable bonds is 2. The van der Waals surface area contributed by atoms with Gasteiger partial charge >= 0.3 is 0 Å². The van der Waals surface area contributed by atoms with Crippen molar-refractivity contribution in [1.29, 1.82) is 5.26 Å². The SMILES string of the molecule is N#Cc1cc(F)ccc1Nc1nc(N)nc2sccc12. The lowest BCUT2D eigenvalue weighted by Gasteiger charge is -2.09. The van der Waals surface area contributed by atoms with Crippen LogP contribution >= 0.6 is 11.3 Å². The van der Waals surface area contributed by atoms with Crippen molar-refractivity contribution in [2.45, 2.75) is 0 Å². The molecule has 0 saturated heterocycles. The van der Waals surface area contributed by atoms with Crippen LogP contribution in [0.1, 0.15) is 5.56 Å². The van der Waals surface area contributed by atoms with Gasteiger partial charge in [0.15, 0.2) is 0 Å². The molecular formula is C13H8FN5S. The molecule has 20 heavy (non-hydrogen) atoms. The van der Waals surface area contributed by atoms with Crippen molar-refractivity contribution < 1.29 is 4.39 Å². The van der Waals surface area contributed by atoms with Gasteiger partial charge in [0.05, 0.1) is 16.6 Å². The van der Waals surface area contributed by atoms with E-state index in [0.29, 0.717) is 11.5 Å². The van der Waals surface area contributed by atoms with Crippen molar-refractivity contribution in [3.63, 3.8) is 0 Å². The van der Waals surface area contributed by atoms with Crippen LogP contribution in [0.4, 0.5) is 21.8 Å². The standard InChI is InChI=1S/C13H8FN5S/c14-8-1-2-10(7(5-8)6-15)17-11-9-3-4-20-12(9)19-13(16)18-11/h1-5H,(H3,16,17,18,19). The molecule has 2 heterocycles. The van der Waals surface area contributed by atoms with E-state index < -0.39 is 5.82 Å². The number of nitrogens with one attached hydrogen (secondary N) is 1. The lowest BCUT2D eigenvalue weighted by Crippen LogP contribution is -2.01. The molecular weight excluding hydrogens is 277 g/mol. The molecule has 0 bridgehead atoms. The largest absolute Gasteiger partial charge is 0.368 e. The molecule has 0 radical (unpaired) electrons. The second-order valence-electron chi connectivity index (χ2n) is 4.00. The molecule has 3 aromatic rings. The fourth-order valence-electron chi connectivity index (χ4n) is 1.81. The van der Waals surface area contributed by atoms with Gasteiger partial charge in [-0.15, -0.1) is 11.3 Å². The van der Waals surface area contributed by atoms with E-state index in [1.54, 1.807) is 0 Å². The number of fused-ring (bicyclic) bond motifs is 1. The van der Waals surface area contributed by atoms with E-state index in [4.69, 9.17) is 11.0 Å². The number of aromatic nitrogens is 2. The Balaban J connectivity index is 2.10. The minimum Gasteiger partial charge on any atom is -0.368 e. The minimum absolute atomic E-state index is 0.142. The minimum atomic E-state index is -0.463. The Morgan fingerprint density at radius 2 is 2.15 bits per heavy atom. The van der Waals surface area contributed by atoms with Gasteiger partial charge in [-0.3, -0.25) is 0 Å². The zero-order chi connectivity index (χ0) is 14.1. The topological polar surface area (TPSA) is 87.6 Å². The highest BCUT2D eigenvalue weighted by atomic mass is 32.1. The molecule has 0 fully saturated rings. The molecule has 3 rings (SSSR count). The normalized spacial score (nSPS) is 10.4. The number of thiophene rings is 1. The zero-order valence-electron chi connectivity index (χ0n) is 10.1. The Morgan fingerprint density at radius 1 is 1.30 bits per heavy atom. The Bertz CT molecular complexity index is 836. The first-order valence-electron chi connectivity index (χ1n) is 5.65. The van der Waals surface area contributed by atoms with E-state index >= 15 is 0 Å². The van der Waals surface area contributed by atoms with Crippen LogP contribution in [-0.4, -0.2) is 9.97 Å². The van der Waals surface area contributed by atoms with Crippen molar-refractivity contribution in [2.75, 3.05) is 11.1 Å². The van der Waals surface area contributed by atoms with Gasteiger partial charge in [0.2, 0.25) is 5.95 Å². The fourth-order valence-corrected chi connectivity index (χ4v) is 2.58. The summed E-state index contributed by atoms with van der Waals surface area (Å²) in [7, 11) is 0. The first kappa shape index (κ1) is 12.3. The van der Waals surface area contributed by atoms with Gasteiger partial charge in [0.1, 0.15) is 22.5 Å². The number of nitriles is 1. The average molecular weight is 285 g/mol. The number of nitrogens with two attached hydrogens (primary N) is 1. The number of nitrogens with zero attached hydrogens (tertiary/aromatic N) is 3. The molecule has 7 heteroatoms. The molecule has 98 valence electrons. The maximum Gasteiger partial charge on any atom is 0.223 e. The number of anilines is 3. The van der Waals surface area contributed by atoms with Gasteiger partial charge in [0.25, 0.3) is 0 Å². The lowest BCUT2D eigenvalue weighted by molar-refractivity contribution is 0.627. The van der Waals surface area contributed by atoms with Crippen LogP contribution in [0, 0.1) is 17.1 Å². The van der Waals surface area contributed by atoms with E-state index in [1.807, 2.05) is 17.5 Å². The van der Waals surface area contributed by atoms with Crippen molar-refractivity contribution in [3.8, 4) is 6.07 Å². The van der Waals surface area contributed by atoms with Crippen LogP contribution < -0.4 is 11.1 Å². The number of halogens is 1. The van der Waals surface area contributed by atoms with Crippen LogP contribution in [0.3, 0.4) is 0 Å². The maximum absolute atomic E-state index is 13.1. The van der Waals surface area contributed by atoms with E-state index in [9.17, 15) is 4.39 Å². The fraction of sp³-hybridized carbons (Fsp3) is 0. The second-order valence-corrected chi connectivity index (χ2v) is 4.89. The Hall–Kier alpha value is -2.72. The van der Waals surface area contributed by atoms with Gasteiger partial charge in [0, 0.05) is 0 Å². The van der Waals surface area contributed by atoms with Gasteiger partial charge in [-0.1, -0.05) is 0 Å².